The van der Waals surface area contributed by atoms with Crippen LogP contribution in [0.1, 0.15) is 36.0 Å². The molecule has 8 heteroatoms. The van der Waals surface area contributed by atoms with Crippen molar-refractivity contribution in [3.05, 3.63) is 60.0 Å². The molecular weight excluding hydrogens is 408 g/mol. The molecular formula is C24H26N4O4. The molecule has 8 nitrogen and oxygen atoms in total. The van der Waals surface area contributed by atoms with Crippen molar-refractivity contribution in [2.24, 2.45) is 5.92 Å². The van der Waals surface area contributed by atoms with Crippen LogP contribution in [-0.4, -0.2) is 46.6 Å². The van der Waals surface area contributed by atoms with Gasteiger partial charge in [0.2, 0.25) is 17.6 Å². The first-order valence-electron chi connectivity index (χ1n) is 10.8. The summed E-state index contributed by atoms with van der Waals surface area (Å²) in [5.41, 5.74) is 2.14. The highest BCUT2D eigenvalue weighted by molar-refractivity contribution is 5.95. The van der Waals surface area contributed by atoms with E-state index < -0.39 is 0 Å². The number of hydrogen-bond acceptors (Lipinski definition) is 6. The molecule has 3 aromatic rings. The standard InChI is InChI=1S/C24H26N4O4/c1-3-31-21-10-8-20(9-11-21)26-23(29)18-12-14-28(15-13-18)24(30)19-6-4-17(5-7-19)22-25-16(2)32-27-22/h4-11,18H,3,12-15H2,1-2H3,(H,26,29). The third kappa shape index (κ3) is 4.96. The predicted molar refractivity (Wildman–Crippen MR) is 119 cm³/mol. The molecule has 0 aliphatic carbocycles. The second kappa shape index (κ2) is 9.64. The molecule has 0 spiro atoms. The summed E-state index contributed by atoms with van der Waals surface area (Å²) in [5.74, 6) is 1.61. The third-order valence-electron chi connectivity index (χ3n) is 5.50. The molecule has 2 amide bonds. The zero-order valence-electron chi connectivity index (χ0n) is 18.2. The van der Waals surface area contributed by atoms with Gasteiger partial charge in [0, 0.05) is 42.7 Å². The Kier molecular flexibility index (Phi) is 6.49. The highest BCUT2D eigenvalue weighted by Crippen LogP contribution is 2.23. The van der Waals surface area contributed by atoms with Gasteiger partial charge in [-0.15, -0.1) is 0 Å². The predicted octanol–water partition coefficient (Wildman–Crippen LogP) is 3.93. The highest BCUT2D eigenvalue weighted by atomic mass is 16.5. The molecule has 0 atom stereocenters. The van der Waals surface area contributed by atoms with E-state index in [9.17, 15) is 9.59 Å². The summed E-state index contributed by atoms with van der Waals surface area (Å²) in [6.07, 6.45) is 1.27. The molecule has 1 aromatic heterocycles. The van der Waals surface area contributed by atoms with E-state index in [1.807, 2.05) is 43.3 Å². The van der Waals surface area contributed by atoms with Crippen molar-refractivity contribution in [1.29, 1.82) is 0 Å². The minimum Gasteiger partial charge on any atom is -0.494 e. The van der Waals surface area contributed by atoms with Crippen molar-refractivity contribution in [2.75, 3.05) is 25.0 Å². The molecule has 1 fully saturated rings. The Morgan fingerprint density at radius 2 is 1.78 bits per heavy atom. The maximum atomic E-state index is 12.9. The van der Waals surface area contributed by atoms with Gasteiger partial charge in [-0.1, -0.05) is 17.3 Å². The molecule has 1 N–H and O–H groups in total. The average molecular weight is 434 g/mol. The van der Waals surface area contributed by atoms with Crippen LogP contribution in [0.4, 0.5) is 5.69 Å². The quantitative estimate of drug-likeness (QED) is 0.631. The second-order valence-electron chi connectivity index (χ2n) is 7.73. The fraction of sp³-hybridized carbons (Fsp3) is 0.333. The number of carbonyl (C=O) groups is 2. The Hall–Kier alpha value is -3.68. The molecule has 166 valence electrons. The van der Waals surface area contributed by atoms with Crippen LogP contribution in [0.25, 0.3) is 11.4 Å². The molecule has 0 radical (unpaired) electrons. The number of nitrogens with zero attached hydrogens (tertiary/aromatic N) is 3. The fourth-order valence-corrected chi connectivity index (χ4v) is 3.75. The first-order chi connectivity index (χ1) is 15.5. The van der Waals surface area contributed by atoms with E-state index >= 15 is 0 Å². The van der Waals surface area contributed by atoms with Gasteiger partial charge in [-0.05, 0) is 56.2 Å². The summed E-state index contributed by atoms with van der Waals surface area (Å²) in [5, 5.41) is 6.85. The van der Waals surface area contributed by atoms with Crippen LogP contribution in [-0.2, 0) is 4.79 Å². The molecule has 32 heavy (non-hydrogen) atoms. The van der Waals surface area contributed by atoms with Crippen molar-refractivity contribution in [1.82, 2.24) is 15.0 Å². The summed E-state index contributed by atoms with van der Waals surface area (Å²) in [6.45, 7) is 5.36. The summed E-state index contributed by atoms with van der Waals surface area (Å²) < 4.78 is 10.4. The molecule has 4 rings (SSSR count). The lowest BCUT2D eigenvalue weighted by Crippen LogP contribution is -2.41. The van der Waals surface area contributed by atoms with Crippen LogP contribution in [0.3, 0.4) is 0 Å². The van der Waals surface area contributed by atoms with E-state index in [4.69, 9.17) is 9.26 Å². The van der Waals surface area contributed by atoms with Crippen LogP contribution < -0.4 is 10.1 Å². The minimum absolute atomic E-state index is 0.0129. The zero-order chi connectivity index (χ0) is 22.5. The molecule has 1 saturated heterocycles. The monoisotopic (exact) mass is 434 g/mol. The van der Waals surface area contributed by atoms with Crippen LogP contribution in [0, 0.1) is 12.8 Å². The number of amides is 2. The topological polar surface area (TPSA) is 97.6 Å². The van der Waals surface area contributed by atoms with Crippen LogP contribution in [0.2, 0.25) is 0 Å². The molecule has 1 aliphatic heterocycles. The largest absolute Gasteiger partial charge is 0.494 e. The van der Waals surface area contributed by atoms with Gasteiger partial charge in [0.25, 0.3) is 5.91 Å². The van der Waals surface area contributed by atoms with Gasteiger partial charge in [-0.25, -0.2) is 0 Å². The second-order valence-corrected chi connectivity index (χ2v) is 7.73. The number of nitrogens with one attached hydrogen (secondary N) is 1. The first-order valence-corrected chi connectivity index (χ1v) is 10.8. The number of aromatic nitrogens is 2. The maximum absolute atomic E-state index is 12.9. The van der Waals surface area contributed by atoms with Crippen LogP contribution >= 0.6 is 0 Å². The lowest BCUT2D eigenvalue weighted by molar-refractivity contribution is -0.121. The van der Waals surface area contributed by atoms with Gasteiger partial charge in [-0.2, -0.15) is 4.98 Å². The number of hydrogen-bond donors (Lipinski definition) is 1. The Balaban J connectivity index is 1.30. The first kappa shape index (κ1) is 21.5. The van der Waals surface area contributed by atoms with E-state index in [0.717, 1.165) is 17.0 Å². The number of carbonyl (C=O) groups excluding carboxylic acids is 2. The van der Waals surface area contributed by atoms with Crippen LogP contribution in [0.15, 0.2) is 53.1 Å². The molecule has 2 heterocycles. The van der Waals surface area contributed by atoms with Gasteiger partial charge in [0.05, 0.1) is 6.61 Å². The Labute approximate surface area is 186 Å². The smallest absolute Gasteiger partial charge is 0.253 e. The average Bonchev–Trinajstić information content (AvgIpc) is 3.26. The summed E-state index contributed by atoms with van der Waals surface area (Å²) >= 11 is 0. The van der Waals surface area contributed by atoms with Gasteiger partial charge in [0.15, 0.2) is 0 Å². The summed E-state index contributed by atoms with van der Waals surface area (Å²) in [4.78, 5) is 31.5. The molecule has 1 aliphatic rings. The Morgan fingerprint density at radius 3 is 2.38 bits per heavy atom. The van der Waals surface area contributed by atoms with E-state index in [-0.39, 0.29) is 17.7 Å². The van der Waals surface area contributed by atoms with Gasteiger partial charge in [0.1, 0.15) is 5.75 Å². The lowest BCUT2D eigenvalue weighted by Gasteiger charge is -2.31. The minimum atomic E-state index is -0.116. The number of ether oxygens (including phenoxy) is 1. The zero-order valence-corrected chi connectivity index (χ0v) is 18.2. The molecule has 0 saturated carbocycles. The van der Waals surface area contributed by atoms with Gasteiger partial charge in [-0.3, -0.25) is 9.59 Å². The molecule has 2 aromatic carbocycles. The maximum Gasteiger partial charge on any atom is 0.253 e. The van der Waals surface area contributed by atoms with E-state index in [1.54, 1.807) is 24.0 Å². The lowest BCUT2D eigenvalue weighted by atomic mass is 9.95. The van der Waals surface area contributed by atoms with Gasteiger partial charge >= 0.3 is 0 Å². The van der Waals surface area contributed by atoms with Crippen molar-refractivity contribution in [3.8, 4) is 17.1 Å². The molecule has 0 unspecified atom stereocenters. The van der Waals surface area contributed by atoms with E-state index in [2.05, 4.69) is 15.5 Å². The number of aryl methyl sites for hydroxylation is 1. The summed E-state index contributed by atoms with van der Waals surface area (Å²) in [6, 6.07) is 14.5. The highest BCUT2D eigenvalue weighted by Gasteiger charge is 2.28. The van der Waals surface area contributed by atoms with E-state index in [0.29, 0.717) is 49.8 Å². The number of benzene rings is 2. The number of rotatable bonds is 6. The number of likely N-dealkylation sites (tertiary alicyclic amines) is 1. The molecule has 0 bridgehead atoms. The van der Waals surface area contributed by atoms with Gasteiger partial charge < -0.3 is 19.5 Å². The van der Waals surface area contributed by atoms with Crippen molar-refractivity contribution < 1.29 is 18.8 Å². The van der Waals surface area contributed by atoms with Crippen molar-refractivity contribution in [2.45, 2.75) is 26.7 Å². The number of anilines is 1. The normalized spacial score (nSPS) is 14.2. The van der Waals surface area contributed by atoms with E-state index in [1.165, 1.54) is 0 Å². The van der Waals surface area contributed by atoms with Crippen LogP contribution in [0.5, 0.6) is 5.75 Å². The SMILES string of the molecule is CCOc1ccc(NC(=O)C2CCN(C(=O)c3ccc(-c4noc(C)n4)cc3)CC2)cc1. The fourth-order valence-electron chi connectivity index (χ4n) is 3.75. The Bertz CT molecular complexity index is 1070. The third-order valence-corrected chi connectivity index (χ3v) is 5.50. The number of piperidine rings is 1. The van der Waals surface area contributed by atoms with Crippen molar-refractivity contribution in [3.63, 3.8) is 0 Å². The van der Waals surface area contributed by atoms with Crippen molar-refractivity contribution >= 4 is 17.5 Å². The summed E-state index contributed by atoms with van der Waals surface area (Å²) in [7, 11) is 0. The Morgan fingerprint density at radius 1 is 1.09 bits per heavy atom.